The maximum Gasteiger partial charge on any atom is 0.278 e. The summed E-state index contributed by atoms with van der Waals surface area (Å²) in [5.74, 6) is 1.48. The summed E-state index contributed by atoms with van der Waals surface area (Å²) in [4.78, 5) is 42.4. The predicted octanol–water partition coefficient (Wildman–Crippen LogP) is 2.87. The third-order valence-corrected chi connectivity index (χ3v) is 8.79. The number of benzene rings is 1. The van der Waals surface area contributed by atoms with Crippen molar-refractivity contribution < 1.29 is 4.74 Å². The first-order valence-corrected chi connectivity index (χ1v) is 15.6. The van der Waals surface area contributed by atoms with E-state index in [4.69, 9.17) is 9.72 Å². The van der Waals surface area contributed by atoms with Crippen LogP contribution in [0.5, 0.6) is 5.75 Å². The van der Waals surface area contributed by atoms with Crippen LogP contribution in [-0.2, 0) is 6.54 Å². The summed E-state index contributed by atoms with van der Waals surface area (Å²) in [6.07, 6.45) is 5.41. The molecule has 1 aromatic carbocycles. The molecule has 2 fully saturated rings. The van der Waals surface area contributed by atoms with Gasteiger partial charge in [-0.1, -0.05) is 6.08 Å². The highest BCUT2D eigenvalue weighted by atomic mass is 16.5. The maximum atomic E-state index is 13.3. The van der Waals surface area contributed by atoms with Crippen molar-refractivity contribution in [2.24, 2.45) is 0 Å². The summed E-state index contributed by atoms with van der Waals surface area (Å²) in [7, 11) is 3.89. The zero-order chi connectivity index (χ0) is 31.7. The SMILES string of the molecule is C=CCn1c(=O)c2cnc(Nc3ccc(N4CCC(N5CCN(C)CC5)CC4)c(OC)c3)nc2n1-c1ccc(=O)n(C(C)C)n1. The average Bonchev–Trinajstić information content (AvgIpc) is 3.32. The highest BCUT2D eigenvalue weighted by Gasteiger charge is 2.28. The van der Waals surface area contributed by atoms with Gasteiger partial charge < -0.3 is 19.9 Å². The Morgan fingerprint density at radius 1 is 1.07 bits per heavy atom. The summed E-state index contributed by atoms with van der Waals surface area (Å²) < 4.78 is 10.3. The Morgan fingerprint density at radius 2 is 1.82 bits per heavy atom. The van der Waals surface area contributed by atoms with E-state index >= 15 is 0 Å². The van der Waals surface area contributed by atoms with Gasteiger partial charge in [-0.25, -0.2) is 19.0 Å². The van der Waals surface area contributed by atoms with Crippen molar-refractivity contribution in [3.8, 4) is 11.6 Å². The minimum atomic E-state index is -0.275. The van der Waals surface area contributed by atoms with Gasteiger partial charge in [-0.05, 0) is 51.9 Å². The normalized spacial score (nSPS) is 16.9. The van der Waals surface area contributed by atoms with E-state index in [9.17, 15) is 9.59 Å². The topological polar surface area (TPSA) is 119 Å². The Balaban J connectivity index is 1.25. The number of allylic oxidation sites excluding steroid dienone is 1. The Kier molecular flexibility index (Phi) is 8.72. The van der Waals surface area contributed by atoms with Crippen LogP contribution in [0.25, 0.3) is 16.9 Å². The molecule has 6 rings (SSSR count). The van der Waals surface area contributed by atoms with E-state index in [1.54, 1.807) is 23.9 Å². The summed E-state index contributed by atoms with van der Waals surface area (Å²) >= 11 is 0. The predicted molar refractivity (Wildman–Crippen MR) is 176 cm³/mol. The minimum Gasteiger partial charge on any atom is -0.495 e. The number of ether oxygens (including phenoxy) is 1. The van der Waals surface area contributed by atoms with Crippen molar-refractivity contribution in [2.75, 3.05) is 63.6 Å². The van der Waals surface area contributed by atoms with Gasteiger partial charge in [-0.2, -0.15) is 4.98 Å². The van der Waals surface area contributed by atoms with Crippen molar-refractivity contribution in [3.63, 3.8) is 0 Å². The second kappa shape index (κ2) is 12.9. The van der Waals surface area contributed by atoms with Crippen LogP contribution in [0, 0.1) is 0 Å². The largest absolute Gasteiger partial charge is 0.495 e. The lowest BCUT2D eigenvalue weighted by atomic mass is 10.0. The van der Waals surface area contributed by atoms with Crippen molar-refractivity contribution in [3.05, 3.63) is 69.9 Å². The first kappa shape index (κ1) is 30.5. The molecule has 1 N–H and O–H groups in total. The van der Waals surface area contributed by atoms with E-state index in [0.717, 1.165) is 69.2 Å². The van der Waals surface area contributed by atoms with Crippen LogP contribution in [-0.4, -0.2) is 98.4 Å². The van der Waals surface area contributed by atoms with E-state index in [-0.39, 0.29) is 23.7 Å². The zero-order valence-corrected chi connectivity index (χ0v) is 26.5. The molecule has 0 aliphatic carbocycles. The van der Waals surface area contributed by atoms with E-state index in [1.807, 2.05) is 26.0 Å². The number of rotatable bonds is 9. The van der Waals surface area contributed by atoms with Gasteiger partial charge in [0.05, 0.1) is 25.4 Å². The van der Waals surface area contributed by atoms with Crippen molar-refractivity contribution in [2.45, 2.75) is 45.3 Å². The monoisotopic (exact) mass is 614 g/mol. The summed E-state index contributed by atoms with van der Waals surface area (Å²) in [6.45, 7) is 14.3. The van der Waals surface area contributed by atoms with Crippen LogP contribution in [0.3, 0.4) is 0 Å². The first-order chi connectivity index (χ1) is 21.8. The van der Waals surface area contributed by atoms with E-state index in [1.165, 1.54) is 21.6 Å². The molecule has 238 valence electrons. The molecule has 3 aromatic heterocycles. The lowest BCUT2D eigenvalue weighted by molar-refractivity contribution is 0.0981. The lowest BCUT2D eigenvalue weighted by Gasteiger charge is -2.42. The third kappa shape index (κ3) is 6.09. The zero-order valence-electron chi connectivity index (χ0n) is 26.5. The fourth-order valence-electron chi connectivity index (χ4n) is 6.31. The fraction of sp³-hybridized carbons (Fsp3) is 0.469. The fourth-order valence-corrected chi connectivity index (χ4v) is 6.31. The third-order valence-electron chi connectivity index (χ3n) is 8.79. The Hall–Kier alpha value is -4.49. The quantitative estimate of drug-likeness (QED) is 0.282. The number of hydrogen-bond donors (Lipinski definition) is 1. The minimum absolute atomic E-state index is 0.160. The van der Waals surface area contributed by atoms with Crippen LogP contribution in [0.1, 0.15) is 32.7 Å². The molecule has 0 saturated carbocycles. The molecule has 4 aromatic rings. The number of fused-ring (bicyclic) bond motifs is 1. The van der Waals surface area contributed by atoms with Gasteiger partial charge in [0.2, 0.25) is 5.95 Å². The molecule has 2 aliphatic heterocycles. The number of piperazine rings is 1. The van der Waals surface area contributed by atoms with Gasteiger partial charge in [0.15, 0.2) is 11.5 Å². The van der Waals surface area contributed by atoms with Crippen LogP contribution in [0.2, 0.25) is 0 Å². The van der Waals surface area contributed by atoms with Crippen LogP contribution < -0.4 is 26.1 Å². The lowest BCUT2D eigenvalue weighted by Crippen LogP contribution is -2.52. The molecule has 0 radical (unpaired) electrons. The number of piperidine rings is 1. The second-order valence-electron chi connectivity index (χ2n) is 12.1. The summed E-state index contributed by atoms with van der Waals surface area (Å²) in [5.41, 5.74) is 1.69. The molecule has 2 saturated heterocycles. The summed E-state index contributed by atoms with van der Waals surface area (Å²) in [6, 6.07) is 9.53. The van der Waals surface area contributed by atoms with E-state index < -0.39 is 0 Å². The molecule has 45 heavy (non-hydrogen) atoms. The first-order valence-electron chi connectivity index (χ1n) is 15.6. The second-order valence-corrected chi connectivity index (χ2v) is 12.1. The van der Waals surface area contributed by atoms with Gasteiger partial charge in [0.25, 0.3) is 11.1 Å². The maximum absolute atomic E-state index is 13.3. The molecule has 0 amide bonds. The Labute approximate surface area is 262 Å². The van der Waals surface area contributed by atoms with Gasteiger partial charge in [-0.3, -0.25) is 14.5 Å². The average molecular weight is 615 g/mol. The molecular weight excluding hydrogens is 572 g/mol. The smallest absolute Gasteiger partial charge is 0.278 e. The number of hydrogen-bond acceptors (Lipinski definition) is 10. The highest BCUT2D eigenvalue weighted by molar-refractivity contribution is 5.77. The molecule has 0 bridgehead atoms. The molecule has 2 aliphatic rings. The number of methoxy groups -OCH3 is 1. The number of anilines is 3. The van der Waals surface area contributed by atoms with Gasteiger partial charge >= 0.3 is 0 Å². The molecular formula is C32H42N10O3. The molecule has 0 spiro atoms. The number of likely N-dealkylation sites (N-methyl/N-ethyl adjacent to an activating group) is 1. The van der Waals surface area contributed by atoms with E-state index in [0.29, 0.717) is 28.8 Å². The Morgan fingerprint density at radius 3 is 2.51 bits per heavy atom. The number of nitrogens with one attached hydrogen (secondary N) is 1. The standard InChI is InChI=1S/C32H42N10O3/c1-6-13-40-31(44)25-21-33-32(35-30(25)42(40)28-9-10-29(43)41(36-28)22(2)3)34-23-7-8-26(27(20-23)45-5)39-14-11-24(12-15-39)38-18-16-37(4)17-19-38/h6-10,20-22,24H,1,11-19H2,2-5H3,(H,33,34,35). The summed E-state index contributed by atoms with van der Waals surface area (Å²) in [5, 5.41) is 8.15. The van der Waals surface area contributed by atoms with E-state index in [2.05, 4.69) is 49.8 Å². The van der Waals surface area contributed by atoms with Crippen molar-refractivity contribution in [1.82, 2.24) is 38.9 Å². The molecule has 13 heteroatoms. The van der Waals surface area contributed by atoms with Crippen molar-refractivity contribution in [1.29, 1.82) is 0 Å². The van der Waals surface area contributed by atoms with Crippen LogP contribution in [0.15, 0.2) is 58.8 Å². The number of aromatic nitrogens is 6. The van der Waals surface area contributed by atoms with Crippen molar-refractivity contribution >= 4 is 28.4 Å². The Bertz CT molecular complexity index is 1790. The number of nitrogens with zero attached hydrogens (tertiary/aromatic N) is 9. The highest BCUT2D eigenvalue weighted by Crippen LogP contribution is 2.34. The van der Waals surface area contributed by atoms with Crippen LogP contribution in [0.4, 0.5) is 17.3 Å². The molecule has 0 atom stereocenters. The van der Waals surface area contributed by atoms with Gasteiger partial charge in [0.1, 0.15) is 11.1 Å². The van der Waals surface area contributed by atoms with Gasteiger partial charge in [-0.15, -0.1) is 11.7 Å². The molecule has 0 unspecified atom stereocenters. The molecule has 5 heterocycles. The van der Waals surface area contributed by atoms with Crippen LogP contribution >= 0.6 is 0 Å². The molecule has 13 nitrogen and oxygen atoms in total. The van der Waals surface area contributed by atoms with Gasteiger partial charge in [0, 0.05) is 69.3 Å².